The first-order valence-corrected chi connectivity index (χ1v) is 9.00. The van der Waals surface area contributed by atoms with Crippen LogP contribution < -0.4 is 9.80 Å². The second kappa shape index (κ2) is 6.39. The van der Waals surface area contributed by atoms with Crippen LogP contribution in [0.4, 0.5) is 11.6 Å². The van der Waals surface area contributed by atoms with E-state index in [1.54, 1.807) is 12.5 Å². The minimum absolute atomic E-state index is 0.390. The quantitative estimate of drug-likeness (QED) is 0.581. The average molecular weight is 360 g/mol. The Hall–Kier alpha value is -3.42. The molecule has 0 radical (unpaired) electrons. The molecule has 1 fully saturated rings. The van der Waals surface area contributed by atoms with Gasteiger partial charge in [0.1, 0.15) is 23.6 Å². The lowest BCUT2D eigenvalue weighted by atomic mass is 10.1. The van der Waals surface area contributed by atoms with Crippen LogP contribution in [0.5, 0.6) is 0 Å². The van der Waals surface area contributed by atoms with Crippen molar-refractivity contribution in [3.8, 4) is 11.1 Å². The molecule has 8 nitrogen and oxygen atoms in total. The molecule has 0 bridgehead atoms. The van der Waals surface area contributed by atoms with E-state index in [4.69, 9.17) is 0 Å². The van der Waals surface area contributed by atoms with Gasteiger partial charge in [-0.05, 0) is 24.6 Å². The summed E-state index contributed by atoms with van der Waals surface area (Å²) in [5.74, 6) is 1.98. The number of anilines is 2. The van der Waals surface area contributed by atoms with E-state index in [2.05, 4.69) is 59.1 Å². The number of nitrogens with zero attached hydrogens (tertiary/aromatic N) is 6. The average Bonchev–Trinajstić information content (AvgIpc) is 3.48. The third kappa shape index (κ3) is 2.79. The summed E-state index contributed by atoms with van der Waals surface area (Å²) in [5, 5.41) is 7.90. The number of hydrogen-bond donors (Lipinski definition) is 2. The van der Waals surface area contributed by atoms with Gasteiger partial charge in [-0.2, -0.15) is 5.10 Å². The van der Waals surface area contributed by atoms with Gasteiger partial charge in [-0.15, -0.1) is 0 Å². The third-order valence-corrected chi connectivity index (χ3v) is 5.28. The largest absolute Gasteiger partial charge is 0.355 e. The van der Waals surface area contributed by atoms with Crippen molar-refractivity contribution in [2.75, 3.05) is 29.9 Å². The maximum Gasteiger partial charge on any atom is 0.142 e. The van der Waals surface area contributed by atoms with E-state index < -0.39 is 0 Å². The van der Waals surface area contributed by atoms with Gasteiger partial charge in [0, 0.05) is 55.9 Å². The van der Waals surface area contributed by atoms with E-state index >= 15 is 0 Å². The zero-order valence-electron chi connectivity index (χ0n) is 15.0. The molecule has 5 heterocycles. The summed E-state index contributed by atoms with van der Waals surface area (Å²) in [6, 6.07) is 6.59. The summed E-state index contributed by atoms with van der Waals surface area (Å²) >= 11 is 0. The van der Waals surface area contributed by atoms with Crippen molar-refractivity contribution >= 4 is 22.7 Å². The fourth-order valence-corrected chi connectivity index (χ4v) is 3.72. The van der Waals surface area contributed by atoms with Crippen molar-refractivity contribution in [2.24, 2.45) is 0 Å². The molecule has 0 spiro atoms. The van der Waals surface area contributed by atoms with Crippen LogP contribution in [0, 0.1) is 0 Å². The summed E-state index contributed by atoms with van der Waals surface area (Å²) in [6.07, 6.45) is 10.2. The van der Waals surface area contributed by atoms with E-state index in [9.17, 15) is 0 Å². The molecular weight excluding hydrogens is 340 g/mol. The number of nitrogens with one attached hydrogen (secondary N) is 2. The van der Waals surface area contributed by atoms with Gasteiger partial charge >= 0.3 is 0 Å². The number of hydrogen-bond acceptors (Lipinski definition) is 6. The Kier molecular flexibility index (Phi) is 3.74. The predicted molar refractivity (Wildman–Crippen MR) is 105 cm³/mol. The van der Waals surface area contributed by atoms with Crippen molar-refractivity contribution in [3.63, 3.8) is 0 Å². The highest BCUT2D eigenvalue weighted by Crippen LogP contribution is 2.28. The third-order valence-electron chi connectivity index (χ3n) is 5.28. The molecule has 136 valence electrons. The lowest BCUT2D eigenvalue weighted by molar-refractivity contribution is 0.684. The zero-order valence-corrected chi connectivity index (χ0v) is 15.0. The molecule has 0 unspecified atom stereocenters. The first-order valence-electron chi connectivity index (χ1n) is 9.00. The van der Waals surface area contributed by atoms with Gasteiger partial charge in [0.05, 0.1) is 11.6 Å². The SMILES string of the molecule is CN(c1ccc(-c2cn[nH]c2)cn1)[C@@H]1CCN(c2ncnc3[nH]ccc23)C1. The van der Waals surface area contributed by atoms with Gasteiger partial charge in [0.15, 0.2) is 0 Å². The molecule has 27 heavy (non-hydrogen) atoms. The molecule has 1 atom stereocenters. The molecule has 5 rings (SSSR count). The second-order valence-electron chi connectivity index (χ2n) is 6.83. The van der Waals surface area contributed by atoms with Crippen molar-refractivity contribution in [3.05, 3.63) is 49.3 Å². The molecule has 1 aliphatic heterocycles. The van der Waals surface area contributed by atoms with Crippen LogP contribution in [0.15, 0.2) is 49.3 Å². The maximum atomic E-state index is 4.65. The Morgan fingerprint density at radius 3 is 2.89 bits per heavy atom. The monoisotopic (exact) mass is 360 g/mol. The normalized spacial score (nSPS) is 16.9. The van der Waals surface area contributed by atoms with E-state index in [0.29, 0.717) is 6.04 Å². The zero-order chi connectivity index (χ0) is 18.2. The number of rotatable bonds is 4. The molecule has 0 amide bonds. The minimum atomic E-state index is 0.390. The van der Waals surface area contributed by atoms with Gasteiger partial charge in [-0.25, -0.2) is 15.0 Å². The van der Waals surface area contributed by atoms with Crippen molar-refractivity contribution in [1.29, 1.82) is 0 Å². The Bertz CT molecular complexity index is 1040. The molecule has 4 aromatic rings. The van der Waals surface area contributed by atoms with E-state index in [-0.39, 0.29) is 0 Å². The van der Waals surface area contributed by atoms with Gasteiger partial charge in [-0.3, -0.25) is 5.10 Å². The maximum absolute atomic E-state index is 4.65. The highest BCUT2D eigenvalue weighted by molar-refractivity contribution is 5.87. The van der Waals surface area contributed by atoms with Crippen LogP contribution in [0.1, 0.15) is 6.42 Å². The predicted octanol–water partition coefficient (Wildman–Crippen LogP) is 2.46. The molecule has 0 saturated carbocycles. The summed E-state index contributed by atoms with van der Waals surface area (Å²) in [5.41, 5.74) is 2.99. The number of aromatic amines is 2. The van der Waals surface area contributed by atoms with Gasteiger partial charge < -0.3 is 14.8 Å². The fraction of sp³-hybridized carbons (Fsp3) is 0.263. The van der Waals surface area contributed by atoms with Crippen LogP contribution >= 0.6 is 0 Å². The van der Waals surface area contributed by atoms with Crippen LogP contribution in [0.25, 0.3) is 22.2 Å². The molecule has 4 aromatic heterocycles. The molecule has 0 aromatic carbocycles. The fourth-order valence-electron chi connectivity index (χ4n) is 3.72. The van der Waals surface area contributed by atoms with Crippen molar-refractivity contribution in [1.82, 2.24) is 30.1 Å². The molecule has 8 heteroatoms. The highest BCUT2D eigenvalue weighted by Gasteiger charge is 2.28. The molecule has 2 N–H and O–H groups in total. The molecule has 1 aliphatic rings. The van der Waals surface area contributed by atoms with Gasteiger partial charge in [-0.1, -0.05) is 0 Å². The Morgan fingerprint density at radius 1 is 1.11 bits per heavy atom. The first-order chi connectivity index (χ1) is 13.3. The van der Waals surface area contributed by atoms with Crippen molar-refractivity contribution < 1.29 is 0 Å². The van der Waals surface area contributed by atoms with Gasteiger partial charge in [0.2, 0.25) is 0 Å². The lowest BCUT2D eigenvalue weighted by Gasteiger charge is -2.26. The van der Waals surface area contributed by atoms with Crippen molar-refractivity contribution in [2.45, 2.75) is 12.5 Å². The first kappa shape index (κ1) is 15.8. The number of aromatic nitrogens is 6. The number of H-pyrrole nitrogens is 2. The Balaban J connectivity index is 1.33. The molecule has 1 saturated heterocycles. The van der Waals surface area contributed by atoms with Crippen LogP contribution in [0.3, 0.4) is 0 Å². The topological polar surface area (TPSA) is 89.6 Å². The van der Waals surface area contributed by atoms with Gasteiger partial charge in [0.25, 0.3) is 0 Å². The van der Waals surface area contributed by atoms with Crippen LogP contribution in [0.2, 0.25) is 0 Å². The van der Waals surface area contributed by atoms with Crippen LogP contribution in [-0.2, 0) is 0 Å². The number of fused-ring (bicyclic) bond motifs is 1. The smallest absolute Gasteiger partial charge is 0.142 e. The summed E-state index contributed by atoms with van der Waals surface area (Å²) in [4.78, 5) is 21.2. The number of pyridine rings is 1. The van der Waals surface area contributed by atoms with Crippen LogP contribution in [-0.4, -0.2) is 56.3 Å². The Labute approximate surface area is 156 Å². The summed E-state index contributed by atoms with van der Waals surface area (Å²) < 4.78 is 0. The molecular formula is C19H20N8. The lowest BCUT2D eigenvalue weighted by Crippen LogP contribution is -2.35. The summed E-state index contributed by atoms with van der Waals surface area (Å²) in [6.45, 7) is 1.89. The second-order valence-corrected chi connectivity index (χ2v) is 6.83. The summed E-state index contributed by atoms with van der Waals surface area (Å²) in [7, 11) is 2.11. The Morgan fingerprint density at radius 2 is 2.07 bits per heavy atom. The highest BCUT2D eigenvalue weighted by atomic mass is 15.3. The minimum Gasteiger partial charge on any atom is -0.355 e. The van der Waals surface area contributed by atoms with E-state index in [0.717, 1.165) is 53.3 Å². The van der Waals surface area contributed by atoms with E-state index in [1.807, 2.05) is 24.7 Å². The molecule has 0 aliphatic carbocycles. The number of likely N-dealkylation sites (N-methyl/N-ethyl adjacent to an activating group) is 1. The van der Waals surface area contributed by atoms with E-state index in [1.165, 1.54) is 0 Å². The standard InChI is InChI=1S/C19H20N8/c1-26(17-3-2-13(8-21-17)14-9-24-25-10-14)15-5-7-27(11-15)19-16-4-6-20-18(16)22-12-23-19/h2-4,6,8-10,12,15H,5,7,11H2,1H3,(H,24,25)(H,20,22,23)/t15-/m1/s1.